The molecule has 0 aliphatic heterocycles. The summed E-state index contributed by atoms with van der Waals surface area (Å²) in [4.78, 5) is 14.3. The zero-order valence-corrected chi connectivity index (χ0v) is 12.5. The molecule has 0 atom stereocenters. The van der Waals surface area contributed by atoms with Gasteiger partial charge in [0.05, 0.1) is 17.0 Å². The van der Waals surface area contributed by atoms with Gasteiger partial charge in [-0.2, -0.15) is 5.26 Å². The summed E-state index contributed by atoms with van der Waals surface area (Å²) in [6, 6.07) is 9.44. The summed E-state index contributed by atoms with van der Waals surface area (Å²) >= 11 is 0. The van der Waals surface area contributed by atoms with Crippen LogP contribution in [0, 0.1) is 16.7 Å². The molecule has 1 aromatic carbocycles. The first-order valence-corrected chi connectivity index (χ1v) is 6.97. The van der Waals surface area contributed by atoms with E-state index in [9.17, 15) is 4.79 Å². The summed E-state index contributed by atoms with van der Waals surface area (Å²) in [5, 5.41) is 8.90. The van der Waals surface area contributed by atoms with Gasteiger partial charge in [0, 0.05) is 20.1 Å². The lowest BCUT2D eigenvalue weighted by molar-refractivity contribution is -0.141. The minimum absolute atomic E-state index is 0.0763. The Morgan fingerprint density at radius 3 is 2.55 bits per heavy atom. The molecule has 0 saturated carbocycles. The van der Waals surface area contributed by atoms with E-state index in [1.54, 1.807) is 18.0 Å². The second-order valence-corrected chi connectivity index (χ2v) is 5.16. The van der Waals surface area contributed by atoms with Crippen LogP contribution in [0.1, 0.15) is 37.8 Å². The van der Waals surface area contributed by atoms with Gasteiger partial charge in [0.1, 0.15) is 0 Å². The summed E-state index contributed by atoms with van der Waals surface area (Å²) in [5.41, 5.74) is 6.91. The fraction of sp³-hybridized carbons (Fsp3) is 0.500. The molecule has 4 nitrogen and oxygen atoms in total. The fourth-order valence-corrected chi connectivity index (χ4v) is 2.42. The largest absolute Gasteiger partial charge is 0.341 e. The number of hydrogen-bond acceptors (Lipinski definition) is 3. The smallest absolute Gasteiger partial charge is 0.230 e. The normalized spacial score (nSPS) is 10.9. The van der Waals surface area contributed by atoms with Crippen LogP contribution in [0.2, 0.25) is 0 Å². The van der Waals surface area contributed by atoms with Crippen LogP contribution in [0.4, 0.5) is 0 Å². The molecule has 108 valence electrons. The molecule has 0 aliphatic rings. The van der Waals surface area contributed by atoms with Gasteiger partial charge in [0.15, 0.2) is 0 Å². The van der Waals surface area contributed by atoms with E-state index in [-0.39, 0.29) is 5.91 Å². The highest BCUT2D eigenvalue weighted by atomic mass is 16.2. The first kappa shape index (κ1) is 16.2. The van der Waals surface area contributed by atoms with Crippen molar-refractivity contribution in [1.82, 2.24) is 4.90 Å². The van der Waals surface area contributed by atoms with Crippen molar-refractivity contribution >= 4 is 5.91 Å². The molecule has 1 amide bonds. The Kier molecular flexibility index (Phi) is 5.72. The van der Waals surface area contributed by atoms with E-state index in [2.05, 4.69) is 6.07 Å². The van der Waals surface area contributed by atoms with Crippen LogP contribution in [0.25, 0.3) is 0 Å². The molecule has 0 saturated heterocycles. The van der Waals surface area contributed by atoms with E-state index < -0.39 is 5.41 Å². The zero-order chi connectivity index (χ0) is 15.2. The van der Waals surface area contributed by atoms with Crippen molar-refractivity contribution in [3.63, 3.8) is 0 Å². The molecular weight excluding hydrogens is 250 g/mol. The Balaban J connectivity index is 2.87. The Hall–Kier alpha value is -1.86. The first-order valence-electron chi connectivity index (χ1n) is 6.97. The topological polar surface area (TPSA) is 70.1 Å². The molecule has 20 heavy (non-hydrogen) atoms. The highest BCUT2D eigenvalue weighted by Crippen LogP contribution is 2.27. The predicted molar refractivity (Wildman–Crippen MR) is 79.7 cm³/mol. The van der Waals surface area contributed by atoms with Gasteiger partial charge in [-0.1, -0.05) is 26.0 Å². The number of carbonyl (C=O) groups excluding carboxylic acids is 1. The highest BCUT2D eigenvalue weighted by Gasteiger charge is 2.35. The van der Waals surface area contributed by atoms with Crippen LogP contribution < -0.4 is 5.73 Å². The zero-order valence-electron chi connectivity index (χ0n) is 12.5. The Labute approximate surface area is 121 Å². The van der Waals surface area contributed by atoms with E-state index in [0.717, 1.165) is 18.4 Å². The predicted octanol–water partition coefficient (Wildman–Crippen LogP) is 2.28. The van der Waals surface area contributed by atoms with Crippen molar-refractivity contribution < 1.29 is 4.79 Å². The van der Waals surface area contributed by atoms with E-state index in [4.69, 9.17) is 11.0 Å². The van der Waals surface area contributed by atoms with Crippen LogP contribution in [0.15, 0.2) is 24.3 Å². The molecule has 1 rings (SSSR count). The van der Waals surface area contributed by atoms with Gasteiger partial charge in [0.25, 0.3) is 0 Å². The number of rotatable bonds is 6. The molecule has 4 heteroatoms. The molecule has 0 fully saturated rings. The SMILES string of the molecule is CCC(CC)(CN)C(=O)N(C)Cc1cccc(C#N)c1. The van der Waals surface area contributed by atoms with Gasteiger partial charge in [-0.25, -0.2) is 0 Å². The van der Waals surface area contributed by atoms with Gasteiger partial charge < -0.3 is 10.6 Å². The van der Waals surface area contributed by atoms with E-state index in [1.165, 1.54) is 0 Å². The standard InChI is InChI=1S/C16H23N3O/c1-4-16(5-2,12-18)15(20)19(3)11-14-8-6-7-13(9-14)10-17/h6-9H,4-5,11-12,18H2,1-3H3. The van der Waals surface area contributed by atoms with Crippen molar-refractivity contribution in [3.05, 3.63) is 35.4 Å². The number of nitrogens with two attached hydrogens (primary N) is 1. The summed E-state index contributed by atoms with van der Waals surface area (Å²) in [6.07, 6.45) is 1.48. The fourth-order valence-electron chi connectivity index (χ4n) is 2.42. The van der Waals surface area contributed by atoms with Gasteiger partial charge >= 0.3 is 0 Å². The monoisotopic (exact) mass is 273 g/mol. The third-order valence-electron chi connectivity index (χ3n) is 4.02. The number of nitrogens with zero attached hydrogens (tertiary/aromatic N) is 2. The quantitative estimate of drug-likeness (QED) is 0.864. The second kappa shape index (κ2) is 7.06. The molecule has 0 heterocycles. The molecule has 0 spiro atoms. The van der Waals surface area contributed by atoms with Crippen LogP contribution in [0.3, 0.4) is 0 Å². The van der Waals surface area contributed by atoms with Crippen LogP contribution in [-0.2, 0) is 11.3 Å². The van der Waals surface area contributed by atoms with Gasteiger partial charge in [-0.15, -0.1) is 0 Å². The first-order chi connectivity index (χ1) is 9.52. The van der Waals surface area contributed by atoms with Crippen molar-refractivity contribution in [1.29, 1.82) is 5.26 Å². The number of nitriles is 1. The van der Waals surface area contributed by atoms with Gasteiger partial charge in [0.2, 0.25) is 5.91 Å². The van der Waals surface area contributed by atoms with Crippen molar-refractivity contribution in [2.45, 2.75) is 33.2 Å². The maximum Gasteiger partial charge on any atom is 0.230 e. The van der Waals surface area contributed by atoms with Crippen molar-refractivity contribution in [2.75, 3.05) is 13.6 Å². The van der Waals surface area contributed by atoms with Crippen LogP contribution in [-0.4, -0.2) is 24.4 Å². The van der Waals surface area contributed by atoms with Gasteiger partial charge in [-0.3, -0.25) is 4.79 Å². The lowest BCUT2D eigenvalue weighted by Crippen LogP contribution is -2.45. The number of hydrogen-bond donors (Lipinski definition) is 1. The molecule has 0 radical (unpaired) electrons. The molecular formula is C16H23N3O. The average molecular weight is 273 g/mol. The van der Waals surface area contributed by atoms with Crippen molar-refractivity contribution in [3.8, 4) is 6.07 Å². The van der Waals surface area contributed by atoms with E-state index >= 15 is 0 Å². The Bertz CT molecular complexity index is 492. The Morgan fingerprint density at radius 2 is 2.05 bits per heavy atom. The van der Waals surface area contributed by atoms with E-state index in [1.807, 2.05) is 32.0 Å². The summed E-state index contributed by atoms with van der Waals surface area (Å²) in [6.45, 7) is 4.86. The molecule has 0 aliphatic carbocycles. The second-order valence-electron chi connectivity index (χ2n) is 5.16. The molecule has 0 bridgehead atoms. The minimum atomic E-state index is -0.471. The summed E-state index contributed by atoms with van der Waals surface area (Å²) in [5.74, 6) is 0.0763. The number of carbonyl (C=O) groups is 1. The average Bonchev–Trinajstić information content (AvgIpc) is 2.49. The summed E-state index contributed by atoms with van der Waals surface area (Å²) in [7, 11) is 1.79. The van der Waals surface area contributed by atoms with Crippen LogP contribution >= 0.6 is 0 Å². The lowest BCUT2D eigenvalue weighted by atomic mass is 9.81. The van der Waals surface area contributed by atoms with Gasteiger partial charge in [-0.05, 0) is 30.5 Å². The highest BCUT2D eigenvalue weighted by molar-refractivity contribution is 5.82. The molecule has 0 unspecified atom stereocenters. The number of amides is 1. The minimum Gasteiger partial charge on any atom is -0.341 e. The van der Waals surface area contributed by atoms with Crippen molar-refractivity contribution in [2.24, 2.45) is 11.1 Å². The third-order valence-corrected chi connectivity index (χ3v) is 4.02. The summed E-state index contributed by atoms with van der Waals surface area (Å²) < 4.78 is 0. The van der Waals surface area contributed by atoms with E-state index in [0.29, 0.717) is 18.7 Å². The molecule has 2 N–H and O–H groups in total. The molecule has 0 aromatic heterocycles. The number of benzene rings is 1. The lowest BCUT2D eigenvalue weighted by Gasteiger charge is -2.33. The third kappa shape index (κ3) is 3.37. The Morgan fingerprint density at radius 1 is 1.40 bits per heavy atom. The molecule has 1 aromatic rings. The maximum absolute atomic E-state index is 12.6. The van der Waals surface area contributed by atoms with Crippen LogP contribution in [0.5, 0.6) is 0 Å². The maximum atomic E-state index is 12.6.